The van der Waals surface area contributed by atoms with Crippen LogP contribution in [0.15, 0.2) is 12.1 Å². The first-order valence-corrected chi connectivity index (χ1v) is 3.38. The van der Waals surface area contributed by atoms with Crippen molar-refractivity contribution in [2.75, 3.05) is 0 Å². The van der Waals surface area contributed by atoms with Crippen LogP contribution in [0.5, 0.6) is 0 Å². The predicted molar refractivity (Wildman–Crippen MR) is 42.5 cm³/mol. The molecule has 66 valence electrons. The molecule has 1 aromatic rings. The first kappa shape index (κ1) is 9.63. The summed E-state index contributed by atoms with van der Waals surface area (Å²) >= 11 is 0. The molecule has 0 saturated carbocycles. The van der Waals surface area contributed by atoms with E-state index in [0.29, 0.717) is 0 Å². The van der Waals surface area contributed by atoms with Gasteiger partial charge in [0.15, 0.2) is 0 Å². The molecule has 0 atom stereocenters. The van der Waals surface area contributed by atoms with Crippen LogP contribution in [-0.2, 0) is 6.32 Å². The van der Waals surface area contributed by atoms with Gasteiger partial charge in [-0.1, -0.05) is 11.9 Å². The van der Waals surface area contributed by atoms with Crippen LogP contribution in [0.2, 0.25) is 0 Å². The van der Waals surface area contributed by atoms with E-state index in [1.54, 1.807) is 0 Å². The van der Waals surface area contributed by atoms with E-state index in [1.165, 1.54) is 0 Å². The summed E-state index contributed by atoms with van der Waals surface area (Å²) < 4.78 is 25.6. The van der Waals surface area contributed by atoms with E-state index >= 15 is 0 Å². The topological polar surface area (TPSA) is 43.1 Å². The van der Waals surface area contributed by atoms with E-state index in [2.05, 4.69) is 0 Å². The second-order valence-electron chi connectivity index (χ2n) is 2.37. The van der Waals surface area contributed by atoms with Crippen LogP contribution < -0.4 is 0 Å². The van der Waals surface area contributed by atoms with Gasteiger partial charge in [0.2, 0.25) is 11.6 Å². The van der Waals surface area contributed by atoms with Gasteiger partial charge in [-0.2, -0.15) is 8.78 Å². The summed E-state index contributed by atoms with van der Waals surface area (Å²) in [7, 11) is 5.11. The van der Waals surface area contributed by atoms with Gasteiger partial charge in [0.1, 0.15) is 0 Å². The Hall–Kier alpha value is -1.46. The molecule has 6 heteroatoms. The summed E-state index contributed by atoms with van der Waals surface area (Å²) in [6.45, 7) is 0. The average Bonchev–Trinajstić information content (AvgIpc) is 2.02. The lowest BCUT2D eigenvalue weighted by atomic mass is 9.96. The van der Waals surface area contributed by atoms with Gasteiger partial charge < -0.3 is 0 Å². The van der Waals surface area contributed by atoms with Crippen molar-refractivity contribution in [3.63, 3.8) is 0 Å². The minimum absolute atomic E-state index is 0.0637. The molecule has 0 aliphatic rings. The van der Waals surface area contributed by atoms with E-state index < -0.39 is 22.2 Å². The highest BCUT2D eigenvalue weighted by molar-refractivity contribution is 6.08. The molecule has 0 N–H and O–H groups in total. The Morgan fingerprint density at radius 3 is 2.15 bits per heavy atom. The molecule has 0 bridgehead atoms. The number of rotatable bonds is 2. The quantitative estimate of drug-likeness (QED) is 0.396. The maximum absolute atomic E-state index is 12.8. The van der Waals surface area contributed by atoms with Gasteiger partial charge in [-0.3, -0.25) is 10.1 Å². The number of nitro groups is 1. The van der Waals surface area contributed by atoms with Crippen LogP contribution in [-0.4, -0.2) is 12.8 Å². The van der Waals surface area contributed by atoms with Gasteiger partial charge in [-0.05, 0) is 12.1 Å². The maximum Gasteiger partial charge on any atom is 0.340 e. The highest BCUT2D eigenvalue weighted by Gasteiger charge is 2.21. The molecule has 1 rings (SSSR count). The molecule has 3 nitrogen and oxygen atoms in total. The second-order valence-corrected chi connectivity index (χ2v) is 2.37. The molecule has 0 spiro atoms. The van der Waals surface area contributed by atoms with Gasteiger partial charge in [-0.15, -0.1) is 0 Å². The molecule has 0 fully saturated rings. The Bertz CT molecular complexity index is 333. The molecule has 0 saturated heterocycles. The average molecular weight is 183 g/mol. The third-order valence-corrected chi connectivity index (χ3v) is 1.49. The fourth-order valence-corrected chi connectivity index (χ4v) is 0.910. The lowest BCUT2D eigenvalue weighted by Crippen LogP contribution is -1.98. The summed E-state index contributed by atoms with van der Waals surface area (Å²) in [5.41, 5.74) is -0.960. The second kappa shape index (κ2) is 3.51. The van der Waals surface area contributed by atoms with Crippen molar-refractivity contribution in [3.8, 4) is 0 Å². The zero-order valence-electron chi connectivity index (χ0n) is 6.46. The normalized spacial score (nSPS) is 10.0. The monoisotopic (exact) mass is 183 g/mol. The zero-order chi connectivity index (χ0) is 10.0. The van der Waals surface area contributed by atoms with Gasteiger partial charge in [0.05, 0.1) is 12.8 Å². The first-order chi connectivity index (χ1) is 6.06. The third kappa shape index (κ3) is 1.82. The summed E-state index contributed by atoms with van der Waals surface area (Å²) in [5.74, 6) is -2.41. The number of nitro benzene ring substituents is 1. The van der Waals surface area contributed by atoms with Crippen LogP contribution in [0, 0.1) is 21.7 Å². The van der Waals surface area contributed by atoms with E-state index in [-0.39, 0.29) is 11.9 Å². The molecular formula is C7H4BF2NO2. The molecule has 0 aliphatic heterocycles. The molecule has 0 amide bonds. The highest BCUT2D eigenvalue weighted by atomic mass is 19.1. The van der Waals surface area contributed by atoms with E-state index in [0.717, 1.165) is 12.1 Å². The van der Waals surface area contributed by atoms with Crippen molar-refractivity contribution in [2.24, 2.45) is 0 Å². The SMILES string of the molecule is [B]Cc1cc(F)c([N+](=O)[O-])c(F)c1. The predicted octanol–water partition coefficient (Wildman–Crippen LogP) is 1.54. The summed E-state index contributed by atoms with van der Waals surface area (Å²) in [5, 5.41) is 10.1. The summed E-state index contributed by atoms with van der Waals surface area (Å²) in [6, 6.07) is 1.70. The fraction of sp³-hybridized carbons (Fsp3) is 0.143. The van der Waals surface area contributed by atoms with Crippen LogP contribution in [0.25, 0.3) is 0 Å². The smallest absolute Gasteiger partial charge is 0.258 e. The summed E-state index contributed by atoms with van der Waals surface area (Å²) in [4.78, 5) is 9.03. The van der Waals surface area contributed by atoms with E-state index in [1.807, 2.05) is 0 Å². The minimum Gasteiger partial charge on any atom is -0.258 e. The molecule has 0 aliphatic carbocycles. The molecule has 2 radical (unpaired) electrons. The molecule has 0 heterocycles. The van der Waals surface area contributed by atoms with Gasteiger partial charge in [-0.25, -0.2) is 0 Å². The van der Waals surface area contributed by atoms with E-state index in [9.17, 15) is 18.9 Å². The molecule has 0 aromatic heterocycles. The van der Waals surface area contributed by atoms with Crippen molar-refractivity contribution >= 4 is 13.5 Å². The van der Waals surface area contributed by atoms with Crippen molar-refractivity contribution in [1.29, 1.82) is 0 Å². The molecule has 13 heavy (non-hydrogen) atoms. The number of hydrogen-bond acceptors (Lipinski definition) is 2. The van der Waals surface area contributed by atoms with Crippen LogP contribution in [0.3, 0.4) is 0 Å². The Morgan fingerprint density at radius 1 is 1.38 bits per heavy atom. The summed E-state index contributed by atoms with van der Waals surface area (Å²) in [6.07, 6.45) is -0.0637. The van der Waals surface area contributed by atoms with Crippen LogP contribution in [0.1, 0.15) is 5.56 Å². The maximum atomic E-state index is 12.8. The van der Waals surface area contributed by atoms with Crippen molar-refractivity contribution < 1.29 is 13.7 Å². The Morgan fingerprint density at radius 2 is 1.85 bits per heavy atom. The standard InChI is InChI=1S/C7H4BF2NO2/c8-3-4-1-5(9)7(11(12)13)6(10)2-4/h1-2H,3H2. The highest BCUT2D eigenvalue weighted by Crippen LogP contribution is 2.22. The largest absolute Gasteiger partial charge is 0.340 e. The molecular weight excluding hydrogens is 179 g/mol. The van der Waals surface area contributed by atoms with E-state index in [4.69, 9.17) is 7.85 Å². The fourth-order valence-electron chi connectivity index (χ4n) is 0.910. The van der Waals surface area contributed by atoms with Gasteiger partial charge in [0.25, 0.3) is 0 Å². The lowest BCUT2D eigenvalue weighted by molar-refractivity contribution is -0.390. The lowest BCUT2D eigenvalue weighted by Gasteiger charge is -1.99. The van der Waals surface area contributed by atoms with Gasteiger partial charge in [0, 0.05) is 0 Å². The van der Waals surface area contributed by atoms with Crippen molar-refractivity contribution in [1.82, 2.24) is 0 Å². The Labute approximate surface area is 73.9 Å². The van der Waals surface area contributed by atoms with Crippen LogP contribution in [0.4, 0.5) is 14.5 Å². The Kier molecular flexibility index (Phi) is 2.60. The first-order valence-electron chi connectivity index (χ1n) is 3.38. The van der Waals surface area contributed by atoms with Crippen molar-refractivity contribution in [2.45, 2.75) is 6.32 Å². The number of benzene rings is 1. The number of hydrogen-bond donors (Lipinski definition) is 0. The van der Waals surface area contributed by atoms with Crippen molar-refractivity contribution in [3.05, 3.63) is 39.4 Å². The third-order valence-electron chi connectivity index (χ3n) is 1.49. The molecule has 1 aromatic carbocycles. The minimum atomic E-state index is -1.20. The molecule has 0 unspecified atom stereocenters. The zero-order valence-corrected chi connectivity index (χ0v) is 6.46. The van der Waals surface area contributed by atoms with Gasteiger partial charge >= 0.3 is 5.69 Å². The Balaban J connectivity index is 3.31. The number of nitrogens with zero attached hydrogens (tertiary/aromatic N) is 1. The van der Waals surface area contributed by atoms with Crippen LogP contribution >= 0.6 is 0 Å². The number of halogens is 2.